The summed E-state index contributed by atoms with van der Waals surface area (Å²) in [5.74, 6) is 0.534. The summed E-state index contributed by atoms with van der Waals surface area (Å²) in [5.41, 5.74) is -0.220. The van der Waals surface area contributed by atoms with Crippen molar-refractivity contribution in [3.05, 3.63) is 33.3 Å². The molecule has 6 heteroatoms. The predicted molar refractivity (Wildman–Crippen MR) is 70.6 cm³/mol. The number of halogens is 2. The van der Waals surface area contributed by atoms with Crippen LogP contribution in [0.4, 0.5) is 5.69 Å². The number of hydrogen-bond acceptors (Lipinski definition) is 3. The zero-order valence-corrected chi connectivity index (χ0v) is 11.5. The first-order valence-corrected chi connectivity index (χ1v) is 6.38. The quantitative estimate of drug-likeness (QED) is 0.479. The molecule has 0 N–H and O–H groups in total. The summed E-state index contributed by atoms with van der Waals surface area (Å²) in [6.45, 7) is 4.07. The molecule has 98 valence electrons. The smallest absolute Gasteiger partial charge is 0.288 e. The molecular weight excluding hydrogens is 277 g/mol. The van der Waals surface area contributed by atoms with Gasteiger partial charge in [-0.1, -0.05) is 25.4 Å². The van der Waals surface area contributed by atoms with Crippen molar-refractivity contribution in [2.45, 2.75) is 31.7 Å². The fourth-order valence-corrected chi connectivity index (χ4v) is 2.45. The minimum Gasteiger partial charge on any atom is -0.490 e. The average Bonchev–Trinajstić information content (AvgIpc) is 2.28. The van der Waals surface area contributed by atoms with Gasteiger partial charge in [0.05, 0.1) is 4.92 Å². The molecule has 2 atom stereocenters. The largest absolute Gasteiger partial charge is 0.490 e. The van der Waals surface area contributed by atoms with E-state index >= 15 is 0 Å². The first kappa shape index (κ1) is 13.4. The highest BCUT2D eigenvalue weighted by Crippen LogP contribution is 2.46. The molecule has 4 nitrogen and oxygen atoms in total. The van der Waals surface area contributed by atoms with Crippen molar-refractivity contribution in [2.75, 3.05) is 0 Å². The Bertz CT molecular complexity index is 490. The maximum Gasteiger partial charge on any atom is 0.288 e. The second-order valence-electron chi connectivity index (χ2n) is 5.00. The molecule has 0 aromatic heterocycles. The topological polar surface area (TPSA) is 52.4 Å². The van der Waals surface area contributed by atoms with E-state index in [1.807, 2.05) is 13.8 Å². The van der Waals surface area contributed by atoms with Crippen LogP contribution in [0.1, 0.15) is 20.3 Å². The van der Waals surface area contributed by atoms with E-state index < -0.39 is 4.92 Å². The lowest BCUT2D eigenvalue weighted by atomic mass is 9.68. The summed E-state index contributed by atoms with van der Waals surface area (Å²) in [6.07, 6.45) is 0.779. The predicted octanol–water partition coefficient (Wildman–Crippen LogP) is 4.03. The van der Waals surface area contributed by atoms with Crippen molar-refractivity contribution in [1.29, 1.82) is 0 Å². The van der Waals surface area contributed by atoms with E-state index in [2.05, 4.69) is 0 Å². The Hall–Kier alpha value is -1.00. The van der Waals surface area contributed by atoms with E-state index in [0.717, 1.165) is 6.42 Å². The third-order valence-corrected chi connectivity index (χ3v) is 4.50. The minimum absolute atomic E-state index is 0.0116. The van der Waals surface area contributed by atoms with Crippen LogP contribution in [0.2, 0.25) is 5.02 Å². The van der Waals surface area contributed by atoms with Crippen molar-refractivity contribution >= 4 is 28.9 Å². The molecule has 0 saturated heterocycles. The number of benzene rings is 1. The van der Waals surface area contributed by atoms with Crippen molar-refractivity contribution in [3.8, 4) is 5.75 Å². The van der Waals surface area contributed by atoms with Crippen LogP contribution in [0, 0.1) is 15.5 Å². The fraction of sp³-hybridized carbons (Fsp3) is 0.500. The van der Waals surface area contributed by atoms with Gasteiger partial charge in [-0.05, 0) is 6.07 Å². The van der Waals surface area contributed by atoms with E-state index in [1.54, 1.807) is 6.07 Å². The highest BCUT2D eigenvalue weighted by molar-refractivity contribution is 6.32. The zero-order chi connectivity index (χ0) is 13.5. The highest BCUT2D eigenvalue weighted by Gasteiger charge is 2.49. The van der Waals surface area contributed by atoms with Crippen molar-refractivity contribution in [2.24, 2.45) is 5.41 Å². The first-order valence-electron chi connectivity index (χ1n) is 5.57. The number of nitro groups is 1. The Morgan fingerprint density at radius 3 is 2.61 bits per heavy atom. The molecule has 1 saturated carbocycles. The summed E-state index contributed by atoms with van der Waals surface area (Å²) in [4.78, 5) is 10.1. The van der Waals surface area contributed by atoms with Crippen LogP contribution in [-0.4, -0.2) is 16.4 Å². The maximum atomic E-state index is 10.6. The van der Waals surface area contributed by atoms with E-state index in [9.17, 15) is 10.1 Å². The second-order valence-corrected chi connectivity index (χ2v) is 5.94. The van der Waals surface area contributed by atoms with Crippen molar-refractivity contribution in [1.82, 2.24) is 0 Å². The third kappa shape index (κ3) is 2.27. The van der Waals surface area contributed by atoms with Crippen LogP contribution < -0.4 is 4.74 Å². The molecule has 0 amide bonds. The van der Waals surface area contributed by atoms with Gasteiger partial charge in [0.2, 0.25) is 0 Å². The van der Waals surface area contributed by atoms with Crippen LogP contribution in [0.15, 0.2) is 18.2 Å². The molecule has 2 unspecified atom stereocenters. The third-order valence-electron chi connectivity index (χ3n) is 3.45. The lowest BCUT2D eigenvalue weighted by molar-refractivity contribution is -0.384. The van der Waals surface area contributed by atoms with Crippen LogP contribution in [-0.2, 0) is 0 Å². The Labute approximate surface area is 115 Å². The fourth-order valence-electron chi connectivity index (χ4n) is 1.91. The SMILES string of the molecule is CC1(C)C(Cl)CC1Oc1ccc([N+](=O)[O-])c(Cl)c1. The lowest BCUT2D eigenvalue weighted by Crippen LogP contribution is -2.53. The Kier molecular flexibility index (Phi) is 3.43. The molecule has 18 heavy (non-hydrogen) atoms. The summed E-state index contributed by atoms with van der Waals surface area (Å²) < 4.78 is 5.76. The summed E-state index contributed by atoms with van der Waals surface area (Å²) >= 11 is 11.9. The molecule has 0 aliphatic heterocycles. The molecule has 2 rings (SSSR count). The van der Waals surface area contributed by atoms with Crippen LogP contribution in [0.3, 0.4) is 0 Å². The molecule has 1 aliphatic carbocycles. The second kappa shape index (κ2) is 4.59. The van der Waals surface area contributed by atoms with Gasteiger partial charge in [0.15, 0.2) is 0 Å². The van der Waals surface area contributed by atoms with Crippen molar-refractivity contribution in [3.63, 3.8) is 0 Å². The van der Waals surface area contributed by atoms with Gasteiger partial charge in [-0.15, -0.1) is 11.6 Å². The molecule has 0 heterocycles. The number of nitro benzene ring substituents is 1. The Morgan fingerprint density at radius 2 is 2.17 bits per heavy atom. The molecular formula is C12H13Cl2NO3. The van der Waals surface area contributed by atoms with E-state index in [4.69, 9.17) is 27.9 Å². The first-order chi connectivity index (χ1) is 8.32. The molecule has 0 radical (unpaired) electrons. The van der Waals surface area contributed by atoms with Gasteiger partial charge in [0.25, 0.3) is 5.69 Å². The zero-order valence-electron chi connectivity index (χ0n) is 10.0. The van der Waals surface area contributed by atoms with Gasteiger partial charge < -0.3 is 4.74 Å². The standard InChI is InChI=1S/C12H13Cl2NO3/c1-12(2)10(14)6-11(12)18-7-3-4-9(15(16)17)8(13)5-7/h3-5,10-11H,6H2,1-2H3. The van der Waals surface area contributed by atoms with Crippen molar-refractivity contribution < 1.29 is 9.66 Å². The Balaban J connectivity index is 2.12. The number of rotatable bonds is 3. The van der Waals surface area contributed by atoms with E-state index in [1.165, 1.54) is 12.1 Å². The number of hydrogen-bond donors (Lipinski definition) is 0. The normalized spacial score (nSPS) is 25.3. The van der Waals surface area contributed by atoms with E-state index in [-0.39, 0.29) is 27.6 Å². The van der Waals surface area contributed by atoms with E-state index in [0.29, 0.717) is 5.75 Å². The number of alkyl halides is 1. The minimum atomic E-state index is -0.520. The van der Waals surface area contributed by atoms with Gasteiger partial charge in [-0.3, -0.25) is 10.1 Å². The molecule has 0 bridgehead atoms. The summed E-state index contributed by atoms with van der Waals surface area (Å²) in [7, 11) is 0. The maximum absolute atomic E-state index is 10.6. The number of nitrogens with zero attached hydrogens (tertiary/aromatic N) is 1. The van der Waals surface area contributed by atoms with Gasteiger partial charge >= 0.3 is 0 Å². The van der Waals surface area contributed by atoms with Gasteiger partial charge in [-0.25, -0.2) is 0 Å². The van der Waals surface area contributed by atoms with Crippen LogP contribution in [0.25, 0.3) is 0 Å². The van der Waals surface area contributed by atoms with Crippen LogP contribution in [0.5, 0.6) is 5.75 Å². The summed E-state index contributed by atoms with van der Waals surface area (Å²) in [6, 6.07) is 4.38. The highest BCUT2D eigenvalue weighted by atomic mass is 35.5. The molecule has 1 fully saturated rings. The Morgan fingerprint density at radius 1 is 1.50 bits per heavy atom. The molecule has 1 aromatic carbocycles. The summed E-state index contributed by atoms with van der Waals surface area (Å²) in [5, 5.41) is 10.8. The molecule has 0 spiro atoms. The van der Waals surface area contributed by atoms with Gasteiger partial charge in [-0.2, -0.15) is 0 Å². The monoisotopic (exact) mass is 289 g/mol. The number of ether oxygens (including phenoxy) is 1. The average molecular weight is 290 g/mol. The van der Waals surface area contributed by atoms with Crippen LogP contribution >= 0.6 is 23.2 Å². The lowest BCUT2D eigenvalue weighted by Gasteiger charge is -2.48. The molecule has 1 aromatic rings. The molecule has 1 aliphatic rings. The van der Waals surface area contributed by atoms with Gasteiger partial charge in [0.1, 0.15) is 16.9 Å². The van der Waals surface area contributed by atoms with Gasteiger partial charge in [0, 0.05) is 29.3 Å².